The molecule has 3 fully saturated rings. The average molecular weight is 799 g/mol. The Morgan fingerprint density at radius 2 is 1.29 bits per heavy atom. The number of carbonyl (C=O) groups excluding carboxylic acids is 7. The van der Waals surface area contributed by atoms with Crippen LogP contribution in [0.2, 0.25) is 0 Å². The summed E-state index contributed by atoms with van der Waals surface area (Å²) in [5, 5.41) is 25.2. The first kappa shape index (κ1) is 41.9. The van der Waals surface area contributed by atoms with Crippen molar-refractivity contribution in [2.45, 2.75) is 108 Å². The van der Waals surface area contributed by atoms with Crippen molar-refractivity contribution in [2.75, 3.05) is 19.6 Å². The summed E-state index contributed by atoms with van der Waals surface area (Å²) in [4.78, 5) is 104. The van der Waals surface area contributed by atoms with E-state index in [0.717, 1.165) is 22.0 Å². The van der Waals surface area contributed by atoms with Crippen LogP contribution in [-0.2, 0) is 46.4 Å². The van der Waals surface area contributed by atoms with E-state index >= 15 is 0 Å². The first-order valence-corrected chi connectivity index (χ1v) is 20.2. The van der Waals surface area contributed by atoms with Crippen molar-refractivity contribution < 1.29 is 38.7 Å². The van der Waals surface area contributed by atoms with Gasteiger partial charge in [0, 0.05) is 43.0 Å². The van der Waals surface area contributed by atoms with Crippen molar-refractivity contribution >= 4 is 52.3 Å². The lowest BCUT2D eigenvalue weighted by Gasteiger charge is -2.31. The number of amides is 7. The Morgan fingerprint density at radius 3 is 2.00 bits per heavy atom. The van der Waals surface area contributed by atoms with Gasteiger partial charge in [0.05, 0.1) is 12.6 Å². The Bertz CT molecular complexity index is 2000. The summed E-state index contributed by atoms with van der Waals surface area (Å²) in [5.74, 6) is -4.48. The third kappa shape index (κ3) is 9.84. The van der Waals surface area contributed by atoms with Crippen LogP contribution in [0.15, 0.2) is 60.8 Å². The summed E-state index contributed by atoms with van der Waals surface area (Å²) in [6, 6.07) is 9.72. The van der Waals surface area contributed by atoms with Crippen LogP contribution >= 0.6 is 0 Å². The lowest BCUT2D eigenvalue weighted by atomic mass is 9.99. The van der Waals surface area contributed by atoms with Gasteiger partial charge in [-0.05, 0) is 62.1 Å². The number of carbonyl (C=O) groups is 7. The molecular formula is C42H54N8O8. The third-order valence-corrected chi connectivity index (χ3v) is 11.2. The zero-order valence-corrected chi connectivity index (χ0v) is 33.2. The van der Waals surface area contributed by atoms with Crippen LogP contribution in [0.3, 0.4) is 0 Å². The molecule has 7 amide bonds. The molecule has 0 bridgehead atoms. The van der Waals surface area contributed by atoms with Gasteiger partial charge in [-0.3, -0.25) is 33.6 Å². The van der Waals surface area contributed by atoms with Gasteiger partial charge < -0.3 is 46.5 Å². The van der Waals surface area contributed by atoms with Crippen LogP contribution in [0.5, 0.6) is 0 Å². The van der Waals surface area contributed by atoms with Crippen molar-refractivity contribution in [1.82, 2.24) is 41.4 Å². The number of aliphatic hydroxyl groups excluding tert-OH is 1. The van der Waals surface area contributed by atoms with Crippen LogP contribution in [0.1, 0.15) is 64.0 Å². The van der Waals surface area contributed by atoms with Gasteiger partial charge in [-0.25, -0.2) is 0 Å². The van der Waals surface area contributed by atoms with E-state index < -0.39 is 90.3 Å². The summed E-state index contributed by atoms with van der Waals surface area (Å²) in [7, 11) is 0. The highest BCUT2D eigenvalue weighted by Gasteiger charge is 2.42. The summed E-state index contributed by atoms with van der Waals surface area (Å²) >= 11 is 0. The number of aromatic amines is 1. The number of fused-ring (bicyclic) bond motifs is 3. The standard InChI is InChI=1S/C42H54N8O8/c1-24(2)19-30-38(54)47-32(21-27-22-43-29-14-8-7-13-28(27)29)42(58)50-18-10-16-34(50)39(55)45-31(20-26-11-5-4-6-12-26)37(53)44-23-35(52)49-17-9-15-33(49)40(56)48-36(25(3)51)41(57)46-30/h4-8,11-14,22,24-25,30-34,36,43,51H,9-10,15-21,23H2,1-3H3,(H,44,53)(H,45,55)(H,46,57)(H,47,54)(H,48,56)/t25-,30+,31+,32+,33+,34+,36+/m1/s1. The summed E-state index contributed by atoms with van der Waals surface area (Å²) in [5.41, 5.74) is 2.33. The number of hydrogen-bond donors (Lipinski definition) is 7. The van der Waals surface area contributed by atoms with Gasteiger partial charge in [-0.1, -0.05) is 62.4 Å². The molecule has 0 saturated carbocycles. The Kier molecular flexibility index (Phi) is 13.5. The largest absolute Gasteiger partial charge is 0.391 e. The number of nitrogens with zero attached hydrogens (tertiary/aromatic N) is 2. The minimum atomic E-state index is -1.48. The zero-order valence-electron chi connectivity index (χ0n) is 33.2. The molecule has 0 aliphatic carbocycles. The van der Waals surface area contributed by atoms with Gasteiger partial charge in [0.1, 0.15) is 36.3 Å². The Labute approximate surface area is 337 Å². The van der Waals surface area contributed by atoms with E-state index in [1.165, 1.54) is 16.7 Å². The van der Waals surface area contributed by atoms with Gasteiger partial charge >= 0.3 is 0 Å². The lowest BCUT2D eigenvalue weighted by Crippen LogP contribution is -2.61. The molecule has 0 unspecified atom stereocenters. The second kappa shape index (κ2) is 18.7. The van der Waals surface area contributed by atoms with Gasteiger partial charge in [0.2, 0.25) is 41.4 Å². The first-order chi connectivity index (χ1) is 27.8. The van der Waals surface area contributed by atoms with Crippen LogP contribution in [-0.4, -0.2) is 123 Å². The third-order valence-electron chi connectivity index (χ3n) is 11.2. The van der Waals surface area contributed by atoms with Crippen molar-refractivity contribution in [1.29, 1.82) is 0 Å². The molecule has 0 radical (unpaired) electrons. The highest BCUT2D eigenvalue weighted by atomic mass is 16.3. The summed E-state index contributed by atoms with van der Waals surface area (Å²) in [6.07, 6.45) is 2.29. The van der Waals surface area contributed by atoms with E-state index in [9.17, 15) is 38.7 Å². The molecule has 3 aliphatic rings. The van der Waals surface area contributed by atoms with Crippen LogP contribution < -0.4 is 26.6 Å². The average Bonchev–Trinajstić information content (AvgIpc) is 3.98. The molecule has 6 rings (SSSR count). The summed E-state index contributed by atoms with van der Waals surface area (Å²) < 4.78 is 0. The Hall–Kier alpha value is -5.77. The van der Waals surface area contributed by atoms with Crippen molar-refractivity contribution in [2.24, 2.45) is 5.92 Å². The van der Waals surface area contributed by atoms with E-state index in [2.05, 4.69) is 31.6 Å². The van der Waals surface area contributed by atoms with E-state index in [1.54, 1.807) is 6.20 Å². The van der Waals surface area contributed by atoms with Crippen LogP contribution in [0, 0.1) is 5.92 Å². The van der Waals surface area contributed by atoms with Gasteiger partial charge in [-0.2, -0.15) is 0 Å². The fourth-order valence-corrected chi connectivity index (χ4v) is 8.17. The van der Waals surface area contributed by atoms with Crippen molar-refractivity contribution in [3.05, 3.63) is 71.9 Å². The number of hydrogen-bond acceptors (Lipinski definition) is 8. The predicted molar refractivity (Wildman–Crippen MR) is 213 cm³/mol. The molecule has 58 heavy (non-hydrogen) atoms. The number of nitrogens with one attached hydrogen (secondary N) is 6. The number of para-hydroxylation sites is 1. The van der Waals surface area contributed by atoms with Gasteiger partial charge in [0.25, 0.3) is 0 Å². The molecule has 3 saturated heterocycles. The Morgan fingerprint density at radius 1 is 0.672 bits per heavy atom. The van der Waals surface area contributed by atoms with Gasteiger partial charge in [-0.15, -0.1) is 0 Å². The minimum Gasteiger partial charge on any atom is -0.391 e. The minimum absolute atomic E-state index is 0.0546. The number of aromatic nitrogens is 1. The lowest BCUT2D eigenvalue weighted by molar-refractivity contribution is -0.142. The molecule has 1 aromatic heterocycles. The van der Waals surface area contributed by atoms with Crippen molar-refractivity contribution in [3.63, 3.8) is 0 Å². The monoisotopic (exact) mass is 798 g/mol. The molecule has 0 spiro atoms. The first-order valence-electron chi connectivity index (χ1n) is 20.2. The molecule has 7 atom stereocenters. The molecule has 3 aromatic rings. The fourth-order valence-electron chi connectivity index (χ4n) is 8.17. The second-order valence-electron chi connectivity index (χ2n) is 15.9. The molecule has 310 valence electrons. The predicted octanol–water partition coefficient (Wildman–Crippen LogP) is 0.431. The van der Waals surface area contributed by atoms with E-state index in [-0.39, 0.29) is 44.7 Å². The number of H-pyrrole nitrogens is 1. The molecule has 4 heterocycles. The molecule has 16 heteroatoms. The highest BCUT2D eigenvalue weighted by molar-refractivity contribution is 5.99. The number of benzene rings is 2. The van der Waals surface area contributed by atoms with Gasteiger partial charge in [0.15, 0.2) is 0 Å². The molecule has 16 nitrogen and oxygen atoms in total. The van der Waals surface area contributed by atoms with Crippen LogP contribution in [0.25, 0.3) is 10.9 Å². The highest BCUT2D eigenvalue weighted by Crippen LogP contribution is 2.24. The maximum atomic E-state index is 14.7. The summed E-state index contributed by atoms with van der Waals surface area (Å²) in [6.45, 7) is 5.06. The molecule has 2 aromatic carbocycles. The van der Waals surface area contributed by atoms with Crippen LogP contribution in [0.4, 0.5) is 0 Å². The van der Waals surface area contributed by atoms with Crippen molar-refractivity contribution in [3.8, 4) is 0 Å². The quantitative estimate of drug-likeness (QED) is 0.177. The maximum absolute atomic E-state index is 14.7. The molecule has 3 aliphatic heterocycles. The molecule has 7 N–H and O–H groups in total. The van der Waals surface area contributed by atoms with E-state index in [4.69, 9.17) is 0 Å². The zero-order chi connectivity index (χ0) is 41.5. The smallest absolute Gasteiger partial charge is 0.246 e. The fraction of sp³-hybridized carbons (Fsp3) is 0.500. The number of aliphatic hydroxyl groups is 1. The van der Waals surface area contributed by atoms with E-state index in [0.29, 0.717) is 19.3 Å². The van der Waals surface area contributed by atoms with E-state index in [1.807, 2.05) is 68.4 Å². The topological polar surface area (TPSA) is 222 Å². The second-order valence-corrected chi connectivity index (χ2v) is 15.9. The maximum Gasteiger partial charge on any atom is 0.246 e. The number of rotatable bonds is 7. The Balaban J connectivity index is 1.36. The molecular weight excluding hydrogens is 745 g/mol. The normalized spacial score (nSPS) is 26.3. The SMILES string of the molecule is CC(C)C[C@@H]1NC(=O)[C@H]([C@@H](C)O)NC(=O)[C@@H]2CCCN2C(=O)CNC(=O)[C@H](Cc2ccccc2)NC(=O)[C@@H]2CCCN2C(=O)[C@H](Cc2c[nH]c3ccccc23)NC1=O.